The van der Waals surface area contributed by atoms with Gasteiger partial charge in [0.2, 0.25) is 11.5 Å². The second kappa shape index (κ2) is 6.79. The Morgan fingerprint density at radius 3 is 2.79 bits per heavy atom. The monoisotopic (exact) mass is 392 g/mol. The van der Waals surface area contributed by atoms with E-state index in [4.69, 9.17) is 4.74 Å². The van der Waals surface area contributed by atoms with E-state index in [1.54, 1.807) is 35.4 Å². The zero-order chi connectivity index (χ0) is 19.9. The van der Waals surface area contributed by atoms with Gasteiger partial charge in [-0.3, -0.25) is 0 Å². The van der Waals surface area contributed by atoms with Crippen LogP contribution in [-0.4, -0.2) is 34.0 Å². The molecule has 146 valence electrons. The molecule has 1 aromatic carbocycles. The number of hydrogen-bond donors (Lipinski definition) is 0. The average Bonchev–Trinajstić information content (AvgIpc) is 3.07. The number of hydrogen-bond acceptors (Lipinski definition) is 5. The summed E-state index contributed by atoms with van der Waals surface area (Å²) in [5.41, 5.74) is 0.0293. The van der Waals surface area contributed by atoms with Crippen LogP contribution in [0.25, 0.3) is 5.65 Å². The molecule has 3 heterocycles. The number of benzene rings is 1. The van der Waals surface area contributed by atoms with Crippen LogP contribution in [0.4, 0.5) is 24.8 Å². The van der Waals surface area contributed by atoms with Crippen molar-refractivity contribution < 1.29 is 22.8 Å². The minimum atomic E-state index is -4.45. The molecule has 4 rings (SSSR count). The zero-order valence-electron chi connectivity index (χ0n) is 14.5. The summed E-state index contributed by atoms with van der Waals surface area (Å²) in [6, 6.07) is 9.97. The molecule has 0 N–H and O–H groups in total. The van der Waals surface area contributed by atoms with E-state index >= 15 is 0 Å². The van der Waals surface area contributed by atoms with Gasteiger partial charge >= 0.3 is 12.0 Å². The van der Waals surface area contributed by atoms with E-state index in [-0.39, 0.29) is 24.8 Å². The number of anilines is 1. The molecule has 0 radical (unpaired) electrons. The van der Waals surface area contributed by atoms with Gasteiger partial charge in [-0.25, -0.2) is 0 Å². The van der Waals surface area contributed by atoms with Gasteiger partial charge < -0.3 is 19.8 Å². The van der Waals surface area contributed by atoms with E-state index in [1.165, 1.54) is 10.5 Å². The fourth-order valence-corrected chi connectivity index (χ4v) is 3.31. The SMILES string of the molecule is O=[N+]([O-])c1c(N2CCO[C@H](c3cccc(C(F)(F)F)c3)C2)nc2ccccn12. The molecule has 3 aromatic rings. The maximum Gasteiger partial charge on any atom is 0.416 e. The quantitative estimate of drug-likeness (QED) is 0.500. The molecular weight excluding hydrogens is 377 g/mol. The predicted octanol–water partition coefficient (Wildman–Crippen LogP) is 3.84. The van der Waals surface area contributed by atoms with Crippen LogP contribution >= 0.6 is 0 Å². The molecule has 1 fully saturated rings. The third kappa shape index (κ3) is 3.26. The molecule has 10 heteroatoms. The Morgan fingerprint density at radius 2 is 2.04 bits per heavy atom. The summed E-state index contributed by atoms with van der Waals surface area (Å²) in [5, 5.41) is 11.6. The Bertz CT molecular complexity index is 1030. The lowest BCUT2D eigenvalue weighted by Crippen LogP contribution is -2.39. The summed E-state index contributed by atoms with van der Waals surface area (Å²) in [6.45, 7) is 0.720. The Morgan fingerprint density at radius 1 is 1.21 bits per heavy atom. The molecule has 0 spiro atoms. The van der Waals surface area contributed by atoms with Crippen molar-refractivity contribution in [3.8, 4) is 0 Å². The van der Waals surface area contributed by atoms with Crippen LogP contribution in [-0.2, 0) is 10.9 Å². The summed E-state index contributed by atoms with van der Waals surface area (Å²) in [7, 11) is 0. The molecule has 1 aliphatic heterocycles. The Balaban J connectivity index is 1.68. The molecule has 0 amide bonds. The van der Waals surface area contributed by atoms with E-state index in [9.17, 15) is 23.3 Å². The van der Waals surface area contributed by atoms with Crippen molar-refractivity contribution >= 4 is 17.3 Å². The number of ether oxygens (including phenoxy) is 1. The molecular formula is C18H15F3N4O3. The molecule has 1 saturated heterocycles. The number of rotatable bonds is 3. The molecule has 7 nitrogen and oxygen atoms in total. The van der Waals surface area contributed by atoms with Gasteiger partial charge in [-0.05, 0) is 28.7 Å². The topological polar surface area (TPSA) is 72.9 Å². The van der Waals surface area contributed by atoms with Gasteiger partial charge in [0.25, 0.3) is 0 Å². The van der Waals surface area contributed by atoms with Gasteiger partial charge in [-0.2, -0.15) is 22.6 Å². The van der Waals surface area contributed by atoms with Crippen molar-refractivity contribution in [1.82, 2.24) is 9.38 Å². The highest BCUT2D eigenvalue weighted by Crippen LogP contribution is 2.35. The largest absolute Gasteiger partial charge is 0.416 e. The van der Waals surface area contributed by atoms with Crippen LogP contribution in [0.5, 0.6) is 0 Å². The lowest BCUT2D eigenvalue weighted by molar-refractivity contribution is -0.389. The van der Waals surface area contributed by atoms with Crippen molar-refractivity contribution in [2.45, 2.75) is 12.3 Å². The summed E-state index contributed by atoms with van der Waals surface area (Å²) in [5.74, 6) is -0.00299. The smallest absolute Gasteiger partial charge is 0.370 e. The van der Waals surface area contributed by atoms with Crippen molar-refractivity contribution in [3.05, 3.63) is 69.9 Å². The number of pyridine rings is 1. The minimum Gasteiger partial charge on any atom is -0.370 e. The van der Waals surface area contributed by atoms with E-state index in [1.807, 2.05) is 0 Å². The van der Waals surface area contributed by atoms with E-state index < -0.39 is 22.8 Å². The van der Waals surface area contributed by atoms with Crippen LogP contribution in [0.2, 0.25) is 0 Å². The van der Waals surface area contributed by atoms with Gasteiger partial charge in [0, 0.05) is 12.6 Å². The highest BCUT2D eigenvalue weighted by molar-refractivity contribution is 5.63. The predicted molar refractivity (Wildman–Crippen MR) is 94.2 cm³/mol. The van der Waals surface area contributed by atoms with Crippen molar-refractivity contribution in [2.24, 2.45) is 0 Å². The molecule has 28 heavy (non-hydrogen) atoms. The fourth-order valence-electron chi connectivity index (χ4n) is 3.31. The number of imidazole rings is 1. The first-order valence-corrected chi connectivity index (χ1v) is 8.50. The van der Waals surface area contributed by atoms with Crippen LogP contribution in [0, 0.1) is 10.1 Å². The molecule has 0 saturated carbocycles. The molecule has 0 aliphatic carbocycles. The Hall–Kier alpha value is -3.14. The van der Waals surface area contributed by atoms with Crippen LogP contribution in [0.1, 0.15) is 17.2 Å². The van der Waals surface area contributed by atoms with E-state index in [0.29, 0.717) is 17.8 Å². The maximum absolute atomic E-state index is 13.0. The summed E-state index contributed by atoms with van der Waals surface area (Å²) >= 11 is 0. The van der Waals surface area contributed by atoms with Gasteiger partial charge in [-0.15, -0.1) is 0 Å². The van der Waals surface area contributed by atoms with Crippen molar-refractivity contribution in [3.63, 3.8) is 0 Å². The van der Waals surface area contributed by atoms with Gasteiger partial charge in [0.05, 0.1) is 24.9 Å². The van der Waals surface area contributed by atoms with Gasteiger partial charge in [0.1, 0.15) is 6.10 Å². The minimum absolute atomic E-state index is 0.159. The highest BCUT2D eigenvalue weighted by Gasteiger charge is 2.34. The summed E-state index contributed by atoms with van der Waals surface area (Å²) < 4.78 is 46.0. The number of aromatic nitrogens is 2. The second-order valence-corrected chi connectivity index (χ2v) is 6.37. The van der Waals surface area contributed by atoms with E-state index in [2.05, 4.69) is 4.98 Å². The molecule has 1 aliphatic rings. The Kier molecular flexibility index (Phi) is 4.42. The van der Waals surface area contributed by atoms with E-state index in [0.717, 1.165) is 12.1 Å². The summed E-state index contributed by atoms with van der Waals surface area (Å²) in [4.78, 5) is 17.1. The summed E-state index contributed by atoms with van der Waals surface area (Å²) in [6.07, 6.45) is -3.56. The van der Waals surface area contributed by atoms with Gasteiger partial charge in [0.15, 0.2) is 0 Å². The highest BCUT2D eigenvalue weighted by atomic mass is 19.4. The number of nitrogens with zero attached hydrogens (tertiary/aromatic N) is 4. The fraction of sp³-hybridized carbons (Fsp3) is 0.278. The maximum atomic E-state index is 13.0. The third-order valence-electron chi connectivity index (χ3n) is 4.61. The lowest BCUT2D eigenvalue weighted by Gasteiger charge is -2.33. The molecule has 2 aromatic heterocycles. The van der Waals surface area contributed by atoms with Crippen LogP contribution in [0.15, 0.2) is 48.7 Å². The number of nitro groups is 1. The first kappa shape index (κ1) is 18.2. The normalized spacial score (nSPS) is 17.8. The zero-order valence-corrected chi connectivity index (χ0v) is 14.5. The van der Waals surface area contributed by atoms with Crippen LogP contribution in [0.3, 0.4) is 0 Å². The van der Waals surface area contributed by atoms with Crippen LogP contribution < -0.4 is 4.90 Å². The number of halogens is 3. The number of alkyl halides is 3. The van der Waals surface area contributed by atoms with Gasteiger partial charge in [-0.1, -0.05) is 18.2 Å². The lowest BCUT2D eigenvalue weighted by atomic mass is 10.0. The first-order valence-electron chi connectivity index (χ1n) is 8.50. The molecule has 0 unspecified atom stereocenters. The molecule has 0 bridgehead atoms. The first-order chi connectivity index (χ1) is 13.3. The van der Waals surface area contributed by atoms with Crippen molar-refractivity contribution in [1.29, 1.82) is 0 Å². The van der Waals surface area contributed by atoms with Crippen molar-refractivity contribution in [2.75, 3.05) is 24.6 Å². The Labute approximate surface area is 157 Å². The number of morpholine rings is 1. The third-order valence-corrected chi connectivity index (χ3v) is 4.61. The average molecular weight is 392 g/mol. The standard InChI is InChI=1S/C18H15F3N4O3/c19-18(20,21)13-5-3-4-12(10-13)14-11-23(8-9-28-14)16-17(25(26)27)24-7-2-1-6-15(24)22-16/h1-7,10,14H,8-9,11H2/t14-/m0/s1. The second-order valence-electron chi connectivity index (χ2n) is 6.37. The number of fused-ring (bicyclic) bond motifs is 1. The molecule has 1 atom stereocenters.